The maximum atomic E-state index is 13.3. The van der Waals surface area contributed by atoms with Crippen molar-refractivity contribution in [1.29, 1.82) is 0 Å². The molecule has 1 aliphatic rings. The first-order valence-corrected chi connectivity index (χ1v) is 12.0. The number of hydrogen-bond acceptors (Lipinski definition) is 4. The number of alkyl halides is 2. The highest BCUT2D eigenvalue weighted by molar-refractivity contribution is 5.74. The summed E-state index contributed by atoms with van der Waals surface area (Å²) in [6.07, 6.45) is 5.57. The predicted octanol–water partition coefficient (Wildman–Crippen LogP) is 6.23. The zero-order valence-corrected chi connectivity index (χ0v) is 20.2. The van der Waals surface area contributed by atoms with Crippen molar-refractivity contribution in [2.24, 2.45) is 0 Å². The fourth-order valence-corrected chi connectivity index (χ4v) is 5.25. The minimum absolute atomic E-state index is 0.116. The number of oxazole rings is 1. The van der Waals surface area contributed by atoms with Gasteiger partial charge >= 0.3 is 0 Å². The van der Waals surface area contributed by atoms with Crippen LogP contribution >= 0.6 is 0 Å². The van der Waals surface area contributed by atoms with Crippen LogP contribution in [0.5, 0.6) is 0 Å². The Morgan fingerprint density at radius 2 is 1.74 bits per heavy atom. The number of rotatable bonds is 9. The van der Waals surface area contributed by atoms with E-state index in [1.54, 1.807) is 24.4 Å². The molecule has 1 saturated carbocycles. The lowest BCUT2D eigenvalue weighted by Crippen LogP contribution is -2.51. The summed E-state index contributed by atoms with van der Waals surface area (Å²) in [4.78, 5) is 16.1. The summed E-state index contributed by atoms with van der Waals surface area (Å²) in [6.45, 7) is 2.58. The van der Waals surface area contributed by atoms with E-state index in [0.29, 0.717) is 36.3 Å². The van der Waals surface area contributed by atoms with Crippen LogP contribution < -0.4 is 5.32 Å². The Balaban J connectivity index is 1.58. The minimum Gasteiger partial charge on any atom is -0.446 e. The Bertz CT molecular complexity index is 1090. The van der Waals surface area contributed by atoms with E-state index in [1.165, 1.54) is 18.9 Å². The smallest absolute Gasteiger partial charge is 0.217 e. The third kappa shape index (κ3) is 5.45. The van der Waals surface area contributed by atoms with E-state index in [1.807, 2.05) is 25.1 Å². The van der Waals surface area contributed by atoms with E-state index in [9.17, 15) is 13.6 Å². The van der Waals surface area contributed by atoms with Gasteiger partial charge in [0.1, 0.15) is 19.1 Å². The third-order valence-electron chi connectivity index (χ3n) is 7.23. The highest BCUT2D eigenvalue weighted by Gasteiger charge is 2.47. The Hall–Kier alpha value is -3.06. The van der Waals surface area contributed by atoms with Gasteiger partial charge in [0.25, 0.3) is 0 Å². The van der Waals surface area contributed by atoms with Crippen molar-refractivity contribution >= 4 is 5.91 Å². The van der Waals surface area contributed by atoms with Crippen molar-refractivity contribution in [3.8, 4) is 0 Å². The van der Waals surface area contributed by atoms with Crippen LogP contribution in [0.15, 0.2) is 65.5 Å². The van der Waals surface area contributed by atoms with Gasteiger partial charge in [0, 0.05) is 12.3 Å². The predicted molar refractivity (Wildman–Crippen MR) is 129 cm³/mol. The summed E-state index contributed by atoms with van der Waals surface area (Å²) >= 11 is 0. The molecule has 0 spiro atoms. The molecule has 0 radical (unpaired) electrons. The molecule has 4 rings (SSSR count). The zero-order chi connectivity index (χ0) is 24.9. The molecule has 7 heteroatoms. The summed E-state index contributed by atoms with van der Waals surface area (Å²) in [5, 5.41) is 3.12. The molecule has 0 unspecified atom stereocenters. The molecule has 1 amide bonds. The molecule has 1 heterocycles. The van der Waals surface area contributed by atoms with Crippen molar-refractivity contribution < 1.29 is 22.7 Å². The van der Waals surface area contributed by atoms with Crippen LogP contribution in [-0.2, 0) is 33.8 Å². The minimum atomic E-state index is -0.644. The number of aromatic nitrogens is 1. The van der Waals surface area contributed by atoms with Gasteiger partial charge in [-0.05, 0) is 54.9 Å². The number of carbonyl (C=O) groups is 1. The molecule has 1 N–H and O–H groups in total. The Labute approximate surface area is 204 Å². The topological polar surface area (TPSA) is 64.4 Å². The molecule has 2 aromatic carbocycles. The largest absolute Gasteiger partial charge is 0.446 e. The quantitative estimate of drug-likeness (QED) is 0.392. The molecule has 3 aromatic rings. The molecule has 5 nitrogen and oxygen atoms in total. The Morgan fingerprint density at radius 3 is 2.29 bits per heavy atom. The first-order valence-electron chi connectivity index (χ1n) is 12.0. The van der Waals surface area contributed by atoms with E-state index < -0.39 is 18.9 Å². The van der Waals surface area contributed by atoms with E-state index in [4.69, 9.17) is 9.15 Å². The number of ether oxygens (including phenoxy) is 1. The third-order valence-corrected chi connectivity index (χ3v) is 7.23. The van der Waals surface area contributed by atoms with Crippen LogP contribution in [-0.4, -0.2) is 17.5 Å². The van der Waals surface area contributed by atoms with E-state index in [-0.39, 0.29) is 17.4 Å². The standard InChI is InChI=1S/C28H32F2N2O3/c1-20(24-13-22(15-29)12-23(14-24)16-30)34-18-27(25-6-4-3-5-7-25)8-10-28(11-9-27,32-21(2)33)26-17-31-19-35-26/h3-7,12-14,17,19-20H,8-11,15-16,18H2,1-2H3,(H,32,33)/t20-,27?,28?/m1/s1. The van der Waals surface area contributed by atoms with Crippen LogP contribution in [0.3, 0.4) is 0 Å². The number of amides is 1. The summed E-state index contributed by atoms with van der Waals surface area (Å²) in [7, 11) is 0. The molecule has 0 bridgehead atoms. The second kappa shape index (κ2) is 10.7. The van der Waals surface area contributed by atoms with Gasteiger partial charge < -0.3 is 14.5 Å². The molecule has 1 atom stereocenters. The molecular weight excluding hydrogens is 450 g/mol. The lowest BCUT2D eigenvalue weighted by Gasteiger charge is -2.46. The number of carbonyl (C=O) groups excluding carboxylic acids is 1. The van der Waals surface area contributed by atoms with Gasteiger partial charge in [-0.15, -0.1) is 0 Å². The van der Waals surface area contributed by atoms with E-state index >= 15 is 0 Å². The van der Waals surface area contributed by atoms with Crippen molar-refractivity contribution in [3.63, 3.8) is 0 Å². The van der Waals surface area contributed by atoms with Gasteiger partial charge in [-0.25, -0.2) is 13.8 Å². The summed E-state index contributed by atoms with van der Waals surface area (Å²) in [5.74, 6) is 0.542. The first kappa shape index (κ1) is 25.0. The maximum Gasteiger partial charge on any atom is 0.217 e. The normalized spacial score (nSPS) is 23.1. The fourth-order valence-electron chi connectivity index (χ4n) is 5.25. The lowest BCUT2D eigenvalue weighted by molar-refractivity contribution is -0.122. The van der Waals surface area contributed by atoms with Gasteiger partial charge in [0.2, 0.25) is 5.91 Å². The SMILES string of the molecule is CC(=O)NC1(c2cnco2)CCC(CO[C@H](C)c2cc(CF)cc(CF)c2)(c2ccccc2)CC1. The van der Waals surface area contributed by atoms with Crippen LogP contribution in [0.4, 0.5) is 8.78 Å². The first-order chi connectivity index (χ1) is 16.9. The van der Waals surface area contributed by atoms with Gasteiger partial charge in [-0.1, -0.05) is 48.5 Å². The number of halogens is 2. The monoisotopic (exact) mass is 482 g/mol. The molecule has 35 heavy (non-hydrogen) atoms. The molecule has 1 aromatic heterocycles. The van der Waals surface area contributed by atoms with Crippen LogP contribution in [0, 0.1) is 0 Å². The Kier molecular flexibility index (Phi) is 7.65. The van der Waals surface area contributed by atoms with Crippen LogP contribution in [0.25, 0.3) is 0 Å². The molecule has 186 valence electrons. The highest BCUT2D eigenvalue weighted by atomic mass is 19.1. The lowest BCUT2D eigenvalue weighted by atomic mass is 9.64. The second-order valence-electron chi connectivity index (χ2n) is 9.58. The second-order valence-corrected chi connectivity index (χ2v) is 9.58. The van der Waals surface area contributed by atoms with Crippen molar-refractivity contribution in [2.45, 2.75) is 69.9 Å². The van der Waals surface area contributed by atoms with E-state index in [2.05, 4.69) is 22.4 Å². The van der Waals surface area contributed by atoms with Gasteiger partial charge in [-0.2, -0.15) is 0 Å². The van der Waals surface area contributed by atoms with Crippen molar-refractivity contribution in [3.05, 3.63) is 89.1 Å². The fraction of sp³-hybridized carbons (Fsp3) is 0.429. The zero-order valence-electron chi connectivity index (χ0n) is 20.2. The average Bonchev–Trinajstić information content (AvgIpc) is 3.44. The average molecular weight is 483 g/mol. The number of hydrogen-bond donors (Lipinski definition) is 1. The number of nitrogens with zero attached hydrogens (tertiary/aromatic N) is 1. The van der Waals surface area contributed by atoms with Crippen molar-refractivity contribution in [1.82, 2.24) is 10.3 Å². The van der Waals surface area contributed by atoms with Crippen LogP contribution in [0.1, 0.15) is 73.6 Å². The number of benzene rings is 2. The van der Waals surface area contributed by atoms with Crippen molar-refractivity contribution in [2.75, 3.05) is 6.61 Å². The van der Waals surface area contributed by atoms with E-state index in [0.717, 1.165) is 18.4 Å². The molecule has 0 aliphatic heterocycles. The summed E-state index contributed by atoms with van der Waals surface area (Å²) < 4.78 is 38.7. The Morgan fingerprint density at radius 1 is 1.09 bits per heavy atom. The van der Waals surface area contributed by atoms with Crippen LogP contribution in [0.2, 0.25) is 0 Å². The van der Waals surface area contributed by atoms with Gasteiger partial charge in [0.15, 0.2) is 6.39 Å². The maximum absolute atomic E-state index is 13.3. The molecule has 1 aliphatic carbocycles. The highest BCUT2D eigenvalue weighted by Crippen LogP contribution is 2.48. The van der Waals surface area contributed by atoms with Gasteiger partial charge in [0.05, 0.1) is 24.4 Å². The molecular formula is C28H32F2N2O3. The van der Waals surface area contributed by atoms with Gasteiger partial charge in [-0.3, -0.25) is 4.79 Å². The summed E-state index contributed by atoms with van der Waals surface area (Å²) in [5.41, 5.74) is 1.95. The summed E-state index contributed by atoms with van der Waals surface area (Å²) in [6, 6.07) is 15.3. The molecule has 0 saturated heterocycles. The number of nitrogens with one attached hydrogen (secondary N) is 1. The molecule has 1 fully saturated rings.